The van der Waals surface area contributed by atoms with E-state index in [0.29, 0.717) is 5.16 Å². The molecule has 1 aromatic heterocycles. The second kappa shape index (κ2) is 7.42. The smallest absolute Gasteiger partial charge is 0.325 e. The van der Waals surface area contributed by atoms with Crippen molar-refractivity contribution in [1.29, 1.82) is 0 Å². The molecule has 6 nitrogen and oxygen atoms in total. The third kappa shape index (κ3) is 4.50. The number of hydrogen-bond donors (Lipinski definition) is 1. The van der Waals surface area contributed by atoms with Crippen LogP contribution in [-0.2, 0) is 11.0 Å². The molecule has 1 aliphatic rings. The van der Waals surface area contributed by atoms with Crippen molar-refractivity contribution >= 4 is 23.4 Å². The third-order valence-corrected chi connectivity index (χ3v) is 4.87. The van der Waals surface area contributed by atoms with E-state index in [4.69, 9.17) is 0 Å². The molecular formula is C15H16F3N5OS. The van der Waals surface area contributed by atoms with Gasteiger partial charge in [-0.1, -0.05) is 30.7 Å². The first-order valence-electron chi connectivity index (χ1n) is 7.81. The highest BCUT2D eigenvalue weighted by Gasteiger charge is 2.30. The molecule has 0 saturated heterocycles. The van der Waals surface area contributed by atoms with E-state index in [1.165, 1.54) is 23.9 Å². The summed E-state index contributed by atoms with van der Waals surface area (Å²) in [4.78, 5) is 12.0. The number of hydrogen-bond acceptors (Lipinski definition) is 5. The molecule has 2 aromatic rings. The molecule has 0 radical (unpaired) electrons. The zero-order chi connectivity index (χ0) is 17.9. The van der Waals surface area contributed by atoms with Crippen molar-refractivity contribution in [2.24, 2.45) is 0 Å². The number of thioether (sulfide) groups is 1. The van der Waals surface area contributed by atoms with Crippen molar-refractivity contribution in [2.45, 2.75) is 43.1 Å². The standard InChI is InChI=1S/C15H16F3N5OS/c16-15(17,18)10-4-3-5-11(8-10)19-13(24)9-25-14-20-21-22-23(14)12-6-1-2-7-12/h3-5,8,12H,1-2,6-7,9H2,(H,19,24). The van der Waals surface area contributed by atoms with E-state index in [1.54, 1.807) is 4.68 Å². The van der Waals surface area contributed by atoms with Gasteiger partial charge in [0.15, 0.2) is 0 Å². The molecule has 0 atom stereocenters. The van der Waals surface area contributed by atoms with Crippen molar-refractivity contribution in [1.82, 2.24) is 20.2 Å². The summed E-state index contributed by atoms with van der Waals surface area (Å²) in [6.45, 7) is 0. The Labute approximate surface area is 146 Å². The summed E-state index contributed by atoms with van der Waals surface area (Å²) >= 11 is 1.17. The summed E-state index contributed by atoms with van der Waals surface area (Å²) in [5, 5.41) is 14.6. The van der Waals surface area contributed by atoms with Gasteiger partial charge in [0.25, 0.3) is 0 Å². The molecule has 1 heterocycles. The number of anilines is 1. The molecule has 0 unspecified atom stereocenters. The summed E-state index contributed by atoms with van der Waals surface area (Å²) < 4.78 is 39.8. The molecule has 3 rings (SSSR count). The van der Waals surface area contributed by atoms with Crippen LogP contribution in [0.4, 0.5) is 18.9 Å². The highest BCUT2D eigenvalue weighted by atomic mass is 32.2. The Morgan fingerprint density at radius 3 is 2.80 bits per heavy atom. The normalized spacial score (nSPS) is 15.5. The fraction of sp³-hybridized carbons (Fsp3) is 0.467. The number of tetrazole rings is 1. The third-order valence-electron chi connectivity index (χ3n) is 3.94. The van der Waals surface area contributed by atoms with Gasteiger partial charge in [0.1, 0.15) is 0 Å². The topological polar surface area (TPSA) is 72.7 Å². The number of benzene rings is 1. The van der Waals surface area contributed by atoms with E-state index >= 15 is 0 Å². The van der Waals surface area contributed by atoms with Crippen LogP contribution in [0.25, 0.3) is 0 Å². The molecule has 1 saturated carbocycles. The summed E-state index contributed by atoms with van der Waals surface area (Å²) in [6, 6.07) is 4.79. The lowest BCUT2D eigenvalue weighted by Crippen LogP contribution is -2.16. The summed E-state index contributed by atoms with van der Waals surface area (Å²) in [5.41, 5.74) is -0.695. The van der Waals surface area contributed by atoms with E-state index in [1.807, 2.05) is 0 Å². The van der Waals surface area contributed by atoms with Crippen molar-refractivity contribution in [3.8, 4) is 0 Å². The number of amides is 1. The van der Waals surface area contributed by atoms with Crippen LogP contribution in [0.3, 0.4) is 0 Å². The molecule has 1 amide bonds. The number of rotatable bonds is 5. The number of nitrogens with one attached hydrogen (secondary N) is 1. The van der Waals surface area contributed by atoms with Gasteiger partial charge in [-0.3, -0.25) is 4.79 Å². The van der Waals surface area contributed by atoms with Gasteiger partial charge in [0.05, 0.1) is 17.4 Å². The summed E-state index contributed by atoms with van der Waals surface area (Å²) in [5.74, 6) is -0.395. The second-order valence-corrected chi connectivity index (χ2v) is 6.70. The predicted octanol–water partition coefficient (Wildman–Crippen LogP) is 3.54. The lowest BCUT2D eigenvalue weighted by molar-refractivity contribution is -0.137. The maximum absolute atomic E-state index is 12.7. The van der Waals surface area contributed by atoms with Gasteiger partial charge in [-0.15, -0.1) is 5.10 Å². The first-order valence-corrected chi connectivity index (χ1v) is 8.80. The molecule has 1 aliphatic carbocycles. The van der Waals surface area contributed by atoms with Crippen molar-refractivity contribution in [3.05, 3.63) is 29.8 Å². The number of carbonyl (C=O) groups excluding carboxylic acids is 1. The minimum Gasteiger partial charge on any atom is -0.325 e. The van der Waals surface area contributed by atoms with Crippen LogP contribution in [0, 0.1) is 0 Å². The van der Waals surface area contributed by atoms with Gasteiger partial charge in [-0.25, -0.2) is 4.68 Å². The van der Waals surface area contributed by atoms with Gasteiger partial charge >= 0.3 is 6.18 Å². The van der Waals surface area contributed by atoms with Crippen molar-refractivity contribution in [2.75, 3.05) is 11.1 Å². The number of carbonyl (C=O) groups is 1. The van der Waals surface area contributed by atoms with Crippen molar-refractivity contribution < 1.29 is 18.0 Å². The van der Waals surface area contributed by atoms with Crippen LogP contribution in [0.5, 0.6) is 0 Å². The largest absolute Gasteiger partial charge is 0.416 e. The molecule has 0 bridgehead atoms. The van der Waals surface area contributed by atoms with Crippen molar-refractivity contribution in [3.63, 3.8) is 0 Å². The van der Waals surface area contributed by atoms with Gasteiger partial charge in [-0.05, 0) is 41.5 Å². The Balaban J connectivity index is 1.58. The molecule has 25 heavy (non-hydrogen) atoms. The van der Waals surface area contributed by atoms with Crippen LogP contribution in [-0.4, -0.2) is 31.9 Å². The second-order valence-electron chi connectivity index (χ2n) is 5.76. The van der Waals surface area contributed by atoms with Gasteiger partial charge in [0, 0.05) is 5.69 Å². The van der Waals surface area contributed by atoms with Crippen LogP contribution in [0.15, 0.2) is 29.4 Å². The zero-order valence-electron chi connectivity index (χ0n) is 13.2. The van der Waals surface area contributed by atoms with Gasteiger partial charge < -0.3 is 5.32 Å². The Morgan fingerprint density at radius 1 is 1.32 bits per heavy atom. The van der Waals surface area contributed by atoms with Crippen LogP contribution >= 0.6 is 11.8 Å². The maximum atomic E-state index is 12.7. The quantitative estimate of drug-likeness (QED) is 0.814. The molecule has 1 aromatic carbocycles. The number of nitrogens with zero attached hydrogens (tertiary/aromatic N) is 4. The zero-order valence-corrected chi connectivity index (χ0v) is 14.0. The van der Waals surface area contributed by atoms with Crippen LogP contribution in [0.2, 0.25) is 0 Å². The Hall–Kier alpha value is -2.10. The highest BCUT2D eigenvalue weighted by Crippen LogP contribution is 2.32. The van der Waals surface area contributed by atoms with Gasteiger partial charge in [0.2, 0.25) is 11.1 Å². The first-order chi connectivity index (χ1) is 11.9. The molecule has 1 fully saturated rings. The minimum atomic E-state index is -4.45. The SMILES string of the molecule is O=C(CSc1nnnn1C1CCCC1)Nc1cccc(C(F)(F)F)c1. The van der Waals surface area contributed by atoms with E-state index in [-0.39, 0.29) is 17.5 Å². The lowest BCUT2D eigenvalue weighted by Gasteiger charge is -2.11. The van der Waals surface area contributed by atoms with E-state index in [2.05, 4.69) is 20.8 Å². The number of halogens is 3. The minimum absolute atomic E-state index is 0.0172. The van der Waals surface area contributed by atoms with E-state index < -0.39 is 17.6 Å². The lowest BCUT2D eigenvalue weighted by atomic mass is 10.2. The molecule has 134 valence electrons. The van der Waals surface area contributed by atoms with Crippen LogP contribution in [0.1, 0.15) is 37.3 Å². The van der Waals surface area contributed by atoms with Gasteiger partial charge in [-0.2, -0.15) is 13.2 Å². The fourth-order valence-electron chi connectivity index (χ4n) is 2.76. The Kier molecular flexibility index (Phi) is 5.26. The average molecular weight is 371 g/mol. The molecule has 0 aliphatic heterocycles. The average Bonchev–Trinajstić information content (AvgIpc) is 3.23. The highest BCUT2D eigenvalue weighted by molar-refractivity contribution is 7.99. The predicted molar refractivity (Wildman–Crippen MR) is 86.1 cm³/mol. The number of alkyl halides is 3. The molecule has 0 spiro atoms. The van der Waals surface area contributed by atoms with Crippen LogP contribution < -0.4 is 5.32 Å². The first kappa shape index (κ1) is 17.7. The van der Waals surface area contributed by atoms with E-state index in [9.17, 15) is 18.0 Å². The maximum Gasteiger partial charge on any atom is 0.416 e. The monoisotopic (exact) mass is 371 g/mol. The molecule has 1 N–H and O–H groups in total. The van der Waals surface area contributed by atoms with E-state index in [0.717, 1.165) is 37.8 Å². The molecular weight excluding hydrogens is 355 g/mol. The number of aromatic nitrogens is 4. The molecule has 10 heteroatoms. The fourth-order valence-corrected chi connectivity index (χ4v) is 3.50. The Morgan fingerprint density at radius 2 is 2.08 bits per heavy atom. The summed E-state index contributed by atoms with van der Waals surface area (Å²) in [6.07, 6.45) is -0.168. The summed E-state index contributed by atoms with van der Waals surface area (Å²) in [7, 11) is 0. The Bertz CT molecular complexity index is 743.